The van der Waals surface area contributed by atoms with Crippen LogP contribution in [0, 0.1) is 0 Å². The van der Waals surface area contributed by atoms with Crippen molar-refractivity contribution in [1.82, 2.24) is 0 Å². The second-order valence-electron chi connectivity index (χ2n) is 2.18. The fraction of sp³-hybridized carbons (Fsp3) is 1.00. The molecule has 0 amide bonds. The summed E-state index contributed by atoms with van der Waals surface area (Å²) in [7, 11) is 0. The zero-order valence-electron chi connectivity index (χ0n) is 10.0. The van der Waals surface area contributed by atoms with Gasteiger partial charge in [-0.2, -0.15) is 0 Å². The van der Waals surface area contributed by atoms with Crippen molar-refractivity contribution >= 4 is 0 Å². The van der Waals surface area contributed by atoms with Crippen molar-refractivity contribution in [3.05, 3.63) is 0 Å². The van der Waals surface area contributed by atoms with Crippen molar-refractivity contribution in [3.8, 4) is 0 Å². The van der Waals surface area contributed by atoms with Crippen LogP contribution in [0.3, 0.4) is 0 Å². The number of rotatable bonds is 4. The van der Waals surface area contributed by atoms with E-state index >= 15 is 0 Å². The average molecular weight is 242 g/mol. The standard InChI is InChI=1S/3C2H8N2.C2H6O2/c4*3-1-2-4/h3*1-4H2;3-4H,1-2H2. The molecule has 0 aliphatic carbocycles. The predicted octanol–water partition coefficient (Wildman–Crippen LogP) is -4.32. The summed E-state index contributed by atoms with van der Waals surface area (Å²) >= 11 is 0. The topological polar surface area (TPSA) is 197 Å². The Bertz CT molecular complexity index is 46.5. The quantitative estimate of drug-likeness (QED) is 0.242. The van der Waals surface area contributed by atoms with Gasteiger partial charge < -0.3 is 44.6 Å². The second kappa shape index (κ2) is 46.6. The highest BCUT2D eigenvalue weighted by Crippen LogP contribution is 1.39. The highest BCUT2D eigenvalue weighted by atomic mass is 16.3. The Morgan fingerprint density at radius 3 is 0.562 bits per heavy atom. The fourth-order valence-corrected chi connectivity index (χ4v) is 0. The van der Waals surface area contributed by atoms with E-state index in [0.29, 0.717) is 39.3 Å². The van der Waals surface area contributed by atoms with Crippen LogP contribution < -0.4 is 34.4 Å². The normalized spacial score (nSPS) is 7.50. The molecule has 0 fully saturated rings. The van der Waals surface area contributed by atoms with Crippen LogP contribution in [-0.2, 0) is 0 Å². The van der Waals surface area contributed by atoms with Gasteiger partial charge in [-0.15, -0.1) is 0 Å². The predicted molar refractivity (Wildman–Crippen MR) is 68.5 cm³/mol. The molecule has 8 nitrogen and oxygen atoms in total. The van der Waals surface area contributed by atoms with Gasteiger partial charge in [0.25, 0.3) is 0 Å². The minimum absolute atomic E-state index is 0.125. The second-order valence-corrected chi connectivity index (χ2v) is 2.18. The van der Waals surface area contributed by atoms with Gasteiger partial charge in [0.05, 0.1) is 13.2 Å². The van der Waals surface area contributed by atoms with Crippen LogP contribution in [0.15, 0.2) is 0 Å². The summed E-state index contributed by atoms with van der Waals surface area (Å²) in [4.78, 5) is 0. The van der Waals surface area contributed by atoms with E-state index in [1.165, 1.54) is 0 Å². The fourth-order valence-electron chi connectivity index (χ4n) is 0. The molecule has 0 radical (unpaired) electrons. The maximum Gasteiger partial charge on any atom is 0.0662 e. The van der Waals surface area contributed by atoms with E-state index in [2.05, 4.69) is 0 Å². The van der Waals surface area contributed by atoms with E-state index in [0.717, 1.165) is 0 Å². The lowest BCUT2D eigenvalue weighted by Gasteiger charge is -1.72. The van der Waals surface area contributed by atoms with Crippen LogP contribution in [0.5, 0.6) is 0 Å². The van der Waals surface area contributed by atoms with E-state index in [9.17, 15) is 0 Å². The Kier molecular flexibility index (Phi) is 72.1. The summed E-state index contributed by atoms with van der Waals surface area (Å²) in [6.45, 7) is 3.33. The third kappa shape index (κ3) is 162. The van der Waals surface area contributed by atoms with Gasteiger partial charge in [0.15, 0.2) is 0 Å². The molecule has 104 valence electrons. The molecule has 0 aromatic rings. The third-order valence-electron chi connectivity index (χ3n) is 0.600. The van der Waals surface area contributed by atoms with E-state index in [4.69, 9.17) is 44.6 Å². The molecule has 0 rings (SSSR count). The lowest BCUT2D eigenvalue weighted by Crippen LogP contribution is -2.11. The molecule has 0 heterocycles. The van der Waals surface area contributed by atoms with Crippen molar-refractivity contribution in [2.24, 2.45) is 34.4 Å². The highest BCUT2D eigenvalue weighted by Gasteiger charge is 1.58. The summed E-state index contributed by atoms with van der Waals surface area (Å²) < 4.78 is 0. The minimum atomic E-state index is -0.125. The summed E-state index contributed by atoms with van der Waals surface area (Å²) in [5.74, 6) is 0. The van der Waals surface area contributed by atoms with Crippen molar-refractivity contribution in [3.63, 3.8) is 0 Å². The number of aliphatic hydroxyl groups is 2. The number of hydrogen-bond acceptors (Lipinski definition) is 8. The van der Waals surface area contributed by atoms with Crippen molar-refractivity contribution < 1.29 is 10.2 Å². The Morgan fingerprint density at radius 2 is 0.562 bits per heavy atom. The van der Waals surface area contributed by atoms with Crippen LogP contribution in [0.2, 0.25) is 0 Å². The molecule has 0 unspecified atom stereocenters. The van der Waals surface area contributed by atoms with Gasteiger partial charge in [0.2, 0.25) is 0 Å². The summed E-state index contributed by atoms with van der Waals surface area (Å²) in [5.41, 5.74) is 29.4. The summed E-state index contributed by atoms with van der Waals surface area (Å²) in [6.07, 6.45) is 0. The molecule has 8 heteroatoms. The molecule has 0 saturated heterocycles. The molecule has 0 aromatic heterocycles. The first kappa shape index (κ1) is 24.8. The molecule has 0 aromatic carbocycles. The molecule has 0 spiro atoms. The number of aliphatic hydroxyl groups excluding tert-OH is 2. The van der Waals surface area contributed by atoms with Crippen molar-refractivity contribution in [2.75, 3.05) is 52.5 Å². The summed E-state index contributed by atoms with van der Waals surface area (Å²) in [6, 6.07) is 0. The van der Waals surface area contributed by atoms with Crippen LogP contribution in [0.1, 0.15) is 0 Å². The molecular formula is C8H30N6O2. The molecule has 16 heavy (non-hydrogen) atoms. The Labute approximate surface area is 97.9 Å². The Hall–Kier alpha value is -0.320. The van der Waals surface area contributed by atoms with Gasteiger partial charge in [0.1, 0.15) is 0 Å². The first-order valence-corrected chi connectivity index (χ1v) is 5.08. The first-order chi connectivity index (χ1) is 7.66. The zero-order chi connectivity index (χ0) is 13.7. The maximum atomic E-state index is 7.62. The van der Waals surface area contributed by atoms with Gasteiger partial charge in [0, 0.05) is 39.3 Å². The van der Waals surface area contributed by atoms with Crippen LogP contribution in [0.25, 0.3) is 0 Å². The molecule has 0 saturated carbocycles. The van der Waals surface area contributed by atoms with Gasteiger partial charge in [-0.25, -0.2) is 0 Å². The number of hydrogen-bond donors (Lipinski definition) is 8. The molecule has 0 aliphatic heterocycles. The summed E-state index contributed by atoms with van der Waals surface area (Å²) in [5, 5.41) is 15.2. The first-order valence-electron chi connectivity index (χ1n) is 5.08. The van der Waals surface area contributed by atoms with E-state index in [1.54, 1.807) is 0 Å². The lowest BCUT2D eigenvalue weighted by molar-refractivity contribution is 0.186. The minimum Gasteiger partial charge on any atom is -0.394 e. The van der Waals surface area contributed by atoms with Crippen molar-refractivity contribution in [2.45, 2.75) is 0 Å². The van der Waals surface area contributed by atoms with Gasteiger partial charge in [-0.1, -0.05) is 0 Å². The van der Waals surface area contributed by atoms with E-state index in [1.807, 2.05) is 0 Å². The molecular weight excluding hydrogens is 212 g/mol. The maximum absolute atomic E-state index is 7.62. The van der Waals surface area contributed by atoms with Crippen molar-refractivity contribution in [1.29, 1.82) is 0 Å². The SMILES string of the molecule is NCCN.NCCN.NCCN.OCCO. The zero-order valence-corrected chi connectivity index (χ0v) is 10.0. The molecule has 0 aliphatic rings. The monoisotopic (exact) mass is 242 g/mol. The Morgan fingerprint density at radius 1 is 0.438 bits per heavy atom. The van der Waals surface area contributed by atoms with Gasteiger partial charge in [-0.05, 0) is 0 Å². The average Bonchev–Trinajstić information content (AvgIpc) is 2.39. The van der Waals surface area contributed by atoms with Crippen LogP contribution in [0.4, 0.5) is 0 Å². The largest absolute Gasteiger partial charge is 0.394 e. The van der Waals surface area contributed by atoms with Gasteiger partial charge in [-0.3, -0.25) is 0 Å². The van der Waals surface area contributed by atoms with Crippen LogP contribution >= 0.6 is 0 Å². The van der Waals surface area contributed by atoms with E-state index in [-0.39, 0.29) is 13.2 Å². The smallest absolute Gasteiger partial charge is 0.0662 e. The van der Waals surface area contributed by atoms with E-state index < -0.39 is 0 Å². The lowest BCUT2D eigenvalue weighted by atomic mass is 10.7. The Balaban J connectivity index is -0.0000000600. The third-order valence-corrected chi connectivity index (χ3v) is 0.600. The van der Waals surface area contributed by atoms with Gasteiger partial charge >= 0.3 is 0 Å². The molecule has 0 bridgehead atoms. The molecule has 14 N–H and O–H groups in total. The number of nitrogens with two attached hydrogens (primary N) is 6. The highest BCUT2D eigenvalue weighted by molar-refractivity contribution is 4.26. The molecule has 0 atom stereocenters. The van der Waals surface area contributed by atoms with Crippen LogP contribution in [-0.4, -0.2) is 62.7 Å².